The molecule has 31 heavy (non-hydrogen) atoms. The van der Waals surface area contributed by atoms with E-state index in [4.69, 9.17) is 10.5 Å². The summed E-state index contributed by atoms with van der Waals surface area (Å²) in [5, 5.41) is 2.59. The van der Waals surface area contributed by atoms with Crippen LogP contribution in [-0.2, 0) is 20.5 Å². The second-order valence-electron chi connectivity index (χ2n) is 8.39. The van der Waals surface area contributed by atoms with E-state index in [1.165, 1.54) is 12.1 Å². The third-order valence-electron chi connectivity index (χ3n) is 5.36. The molecule has 0 radical (unpaired) electrons. The summed E-state index contributed by atoms with van der Waals surface area (Å²) in [6, 6.07) is 3.12. The number of hydrogen-bond donors (Lipinski definition) is 2. The van der Waals surface area contributed by atoms with Crippen LogP contribution in [-0.4, -0.2) is 61.6 Å². The molecule has 1 aliphatic heterocycles. The molecule has 2 fully saturated rings. The van der Waals surface area contributed by atoms with Crippen LogP contribution >= 0.6 is 0 Å². The topological polar surface area (TPSA) is 87.9 Å². The van der Waals surface area contributed by atoms with Crippen LogP contribution in [0, 0.1) is 5.92 Å². The maximum atomic E-state index is 13.7. The number of anilines is 2. The molecule has 1 saturated heterocycles. The zero-order valence-electron chi connectivity index (χ0n) is 17.7. The van der Waals surface area contributed by atoms with E-state index in [9.17, 15) is 22.8 Å². The van der Waals surface area contributed by atoms with Gasteiger partial charge < -0.3 is 20.7 Å². The average molecular weight is 442 g/mol. The summed E-state index contributed by atoms with van der Waals surface area (Å²) >= 11 is 0. The fourth-order valence-electron chi connectivity index (χ4n) is 3.83. The molecule has 1 aliphatic carbocycles. The second kappa shape index (κ2) is 9.54. The highest BCUT2D eigenvalue weighted by Gasteiger charge is 2.39. The van der Waals surface area contributed by atoms with Crippen LogP contribution in [0.5, 0.6) is 0 Å². The number of ether oxygens (including phenoxy) is 1. The fraction of sp³-hybridized carbons (Fsp3) is 0.619. The number of halogens is 3. The molecule has 172 valence electrons. The van der Waals surface area contributed by atoms with E-state index in [2.05, 4.69) is 5.32 Å². The summed E-state index contributed by atoms with van der Waals surface area (Å²) in [6.45, 7) is 4.78. The molecule has 2 amide bonds. The molecule has 10 heteroatoms. The number of nitrogens with two attached hydrogens (primary N) is 1. The van der Waals surface area contributed by atoms with Crippen LogP contribution in [0.4, 0.5) is 24.5 Å². The summed E-state index contributed by atoms with van der Waals surface area (Å²) in [7, 11) is 0. The van der Waals surface area contributed by atoms with Crippen molar-refractivity contribution in [3.63, 3.8) is 0 Å². The Labute approximate surface area is 179 Å². The van der Waals surface area contributed by atoms with E-state index in [-0.39, 0.29) is 43.7 Å². The van der Waals surface area contributed by atoms with Gasteiger partial charge in [-0.3, -0.25) is 14.5 Å². The second-order valence-corrected chi connectivity index (χ2v) is 8.39. The van der Waals surface area contributed by atoms with E-state index < -0.39 is 29.6 Å². The lowest BCUT2D eigenvalue weighted by Crippen LogP contribution is -2.51. The van der Waals surface area contributed by atoms with Gasteiger partial charge in [-0.15, -0.1) is 0 Å². The Hall–Kier alpha value is -2.17. The molecule has 1 aromatic rings. The number of rotatable bonds is 8. The summed E-state index contributed by atoms with van der Waals surface area (Å²) in [4.78, 5) is 28.1. The molecule has 1 saturated carbocycles. The van der Waals surface area contributed by atoms with Crippen LogP contribution in [0.15, 0.2) is 18.2 Å². The predicted octanol–water partition coefficient (Wildman–Crippen LogP) is 2.45. The highest BCUT2D eigenvalue weighted by molar-refractivity contribution is 5.98. The van der Waals surface area contributed by atoms with E-state index in [1.807, 2.05) is 18.7 Å². The van der Waals surface area contributed by atoms with Crippen LogP contribution in [0.2, 0.25) is 0 Å². The third-order valence-corrected chi connectivity index (χ3v) is 5.36. The number of alkyl halides is 3. The van der Waals surface area contributed by atoms with Crippen molar-refractivity contribution in [2.45, 2.75) is 44.9 Å². The Morgan fingerprint density at radius 3 is 2.61 bits per heavy atom. The normalized spacial score (nSPS) is 18.6. The molecule has 7 nitrogen and oxygen atoms in total. The number of morpholine rings is 1. The minimum Gasteiger partial charge on any atom is -0.370 e. The number of amides is 2. The SMILES string of the molecule is CC(C)CN(C1CC1)[C@@H](CN)C(=O)Nc1ccc(N2CCOCC2=O)c(C(F)(F)F)c1. The summed E-state index contributed by atoms with van der Waals surface area (Å²) < 4.78 is 46.2. The first kappa shape index (κ1) is 23.5. The van der Waals surface area contributed by atoms with Crippen molar-refractivity contribution in [3.8, 4) is 0 Å². The highest BCUT2D eigenvalue weighted by atomic mass is 19.4. The Morgan fingerprint density at radius 2 is 2.06 bits per heavy atom. The molecule has 0 aromatic heterocycles. The number of carbonyl (C=O) groups is 2. The maximum absolute atomic E-state index is 13.7. The zero-order valence-corrected chi connectivity index (χ0v) is 17.7. The maximum Gasteiger partial charge on any atom is 0.418 e. The number of carbonyl (C=O) groups excluding carboxylic acids is 2. The van der Waals surface area contributed by atoms with Gasteiger partial charge in [0.2, 0.25) is 5.91 Å². The summed E-state index contributed by atoms with van der Waals surface area (Å²) in [6.07, 6.45) is -2.73. The van der Waals surface area contributed by atoms with Gasteiger partial charge in [-0.1, -0.05) is 13.8 Å². The predicted molar refractivity (Wildman–Crippen MR) is 111 cm³/mol. The van der Waals surface area contributed by atoms with Gasteiger partial charge in [0.1, 0.15) is 12.6 Å². The zero-order chi connectivity index (χ0) is 22.8. The van der Waals surface area contributed by atoms with E-state index in [1.54, 1.807) is 0 Å². The molecule has 0 bridgehead atoms. The van der Waals surface area contributed by atoms with Crippen molar-refractivity contribution < 1.29 is 27.5 Å². The highest BCUT2D eigenvalue weighted by Crippen LogP contribution is 2.39. The van der Waals surface area contributed by atoms with Gasteiger partial charge >= 0.3 is 6.18 Å². The van der Waals surface area contributed by atoms with E-state index in [0.717, 1.165) is 23.8 Å². The smallest absolute Gasteiger partial charge is 0.370 e. The third kappa shape index (κ3) is 5.75. The summed E-state index contributed by atoms with van der Waals surface area (Å²) in [5.41, 5.74) is 4.66. The largest absolute Gasteiger partial charge is 0.418 e. The van der Waals surface area contributed by atoms with Gasteiger partial charge in [0, 0.05) is 31.4 Å². The van der Waals surface area contributed by atoms with Gasteiger partial charge in [-0.25, -0.2) is 0 Å². The Bertz CT molecular complexity index is 812. The molecule has 0 unspecified atom stereocenters. The lowest BCUT2D eigenvalue weighted by atomic mass is 10.1. The molecule has 1 atom stereocenters. The average Bonchev–Trinajstić information content (AvgIpc) is 3.52. The van der Waals surface area contributed by atoms with Crippen molar-refractivity contribution in [1.82, 2.24) is 4.90 Å². The van der Waals surface area contributed by atoms with Gasteiger partial charge in [0.25, 0.3) is 5.91 Å². The van der Waals surface area contributed by atoms with Crippen LogP contribution in [0.3, 0.4) is 0 Å². The van der Waals surface area contributed by atoms with Gasteiger partial charge in [-0.2, -0.15) is 13.2 Å². The molecule has 1 heterocycles. The summed E-state index contributed by atoms with van der Waals surface area (Å²) in [5.74, 6) is -0.645. The monoisotopic (exact) mass is 442 g/mol. The Kier molecular flexibility index (Phi) is 7.23. The van der Waals surface area contributed by atoms with Gasteiger partial charge in [0.05, 0.1) is 17.9 Å². The number of hydrogen-bond acceptors (Lipinski definition) is 5. The van der Waals surface area contributed by atoms with Crippen molar-refractivity contribution in [2.24, 2.45) is 11.7 Å². The lowest BCUT2D eigenvalue weighted by Gasteiger charge is -2.32. The first-order chi connectivity index (χ1) is 14.6. The van der Waals surface area contributed by atoms with E-state index in [0.29, 0.717) is 12.5 Å². The Morgan fingerprint density at radius 1 is 1.35 bits per heavy atom. The number of nitrogens with one attached hydrogen (secondary N) is 1. The molecule has 3 N–H and O–H groups in total. The molecule has 0 spiro atoms. The molecule has 2 aliphatic rings. The van der Waals surface area contributed by atoms with Gasteiger partial charge in [0.15, 0.2) is 0 Å². The first-order valence-corrected chi connectivity index (χ1v) is 10.5. The molecule has 3 rings (SSSR count). The number of nitrogens with zero attached hydrogens (tertiary/aromatic N) is 2. The first-order valence-electron chi connectivity index (χ1n) is 10.5. The molecular formula is C21H29F3N4O3. The van der Waals surface area contributed by atoms with Crippen molar-refractivity contribution >= 4 is 23.2 Å². The van der Waals surface area contributed by atoms with E-state index >= 15 is 0 Å². The number of benzene rings is 1. The van der Waals surface area contributed by atoms with Crippen LogP contribution in [0.1, 0.15) is 32.3 Å². The van der Waals surface area contributed by atoms with Crippen LogP contribution < -0.4 is 16.0 Å². The molecule has 1 aromatic carbocycles. The van der Waals surface area contributed by atoms with Crippen molar-refractivity contribution in [3.05, 3.63) is 23.8 Å². The fourth-order valence-corrected chi connectivity index (χ4v) is 3.83. The van der Waals surface area contributed by atoms with Crippen molar-refractivity contribution in [1.29, 1.82) is 0 Å². The molecular weight excluding hydrogens is 413 g/mol. The standard InChI is InChI=1S/C21H29F3N4O3/c1-13(2)11-28(15-4-5-15)18(10-25)20(30)26-14-3-6-17(16(9-14)21(22,23)24)27-7-8-31-12-19(27)29/h3,6,9,13,15,18H,4-5,7-8,10-12,25H2,1-2H3,(H,26,30)/t18-/m0/s1. The minimum atomic E-state index is -4.69. The van der Waals surface area contributed by atoms with Crippen molar-refractivity contribution in [2.75, 3.05) is 43.1 Å². The van der Waals surface area contributed by atoms with Gasteiger partial charge in [-0.05, 0) is 37.0 Å². The minimum absolute atomic E-state index is 0.0144. The quantitative estimate of drug-likeness (QED) is 0.646. The van der Waals surface area contributed by atoms with Crippen LogP contribution in [0.25, 0.3) is 0 Å². The Balaban J connectivity index is 1.83. The lowest BCUT2D eigenvalue weighted by molar-refractivity contribution is -0.137.